The summed E-state index contributed by atoms with van der Waals surface area (Å²) in [5.41, 5.74) is 1.18. The minimum atomic E-state index is 0.596. The topological polar surface area (TPSA) is 19.4 Å². The van der Waals surface area contributed by atoms with Crippen molar-refractivity contribution in [2.75, 3.05) is 13.1 Å². The van der Waals surface area contributed by atoms with Crippen molar-refractivity contribution in [3.8, 4) is 0 Å². The Morgan fingerprint density at radius 3 is 2.39 bits per heavy atom. The van der Waals surface area contributed by atoms with E-state index >= 15 is 0 Å². The molecule has 1 aliphatic rings. The van der Waals surface area contributed by atoms with Gasteiger partial charge in [-0.3, -0.25) is 14.8 Å². The van der Waals surface area contributed by atoms with Gasteiger partial charge in [-0.15, -0.1) is 0 Å². The lowest BCUT2D eigenvalue weighted by Crippen LogP contribution is -2.57. The summed E-state index contributed by atoms with van der Waals surface area (Å²) in [5.74, 6) is 0. The number of nitrogens with zero attached hydrogens (tertiary/aromatic N) is 3. The Morgan fingerprint density at radius 1 is 1.22 bits per heavy atom. The first-order valence-corrected chi connectivity index (χ1v) is 6.97. The van der Waals surface area contributed by atoms with Crippen LogP contribution in [0.4, 0.5) is 0 Å². The van der Waals surface area contributed by atoms with E-state index in [9.17, 15) is 0 Å². The van der Waals surface area contributed by atoms with Gasteiger partial charge in [0.2, 0.25) is 0 Å². The molecule has 2 atom stereocenters. The van der Waals surface area contributed by atoms with Crippen LogP contribution in [0.25, 0.3) is 0 Å². The summed E-state index contributed by atoms with van der Waals surface area (Å²) in [6, 6.07) is 8.01. The summed E-state index contributed by atoms with van der Waals surface area (Å²) in [7, 11) is 0. The summed E-state index contributed by atoms with van der Waals surface area (Å²) in [5, 5.41) is 0. The second-order valence-corrected chi connectivity index (χ2v) is 5.74. The molecule has 1 aromatic rings. The van der Waals surface area contributed by atoms with Crippen LogP contribution in [0.5, 0.6) is 0 Å². The van der Waals surface area contributed by atoms with Gasteiger partial charge in [0, 0.05) is 44.0 Å². The SMILES string of the molecule is CC(C)N1C[C@@H](C)N(Cc2ccccn2)[C@@H](C)C1. The predicted molar refractivity (Wildman–Crippen MR) is 75.4 cm³/mol. The molecule has 0 spiro atoms. The minimum Gasteiger partial charge on any atom is -0.298 e. The van der Waals surface area contributed by atoms with Crippen molar-refractivity contribution in [2.45, 2.75) is 52.4 Å². The van der Waals surface area contributed by atoms with Crippen LogP contribution in [0.15, 0.2) is 24.4 Å². The Labute approximate surface area is 111 Å². The van der Waals surface area contributed by atoms with E-state index in [1.807, 2.05) is 12.3 Å². The summed E-state index contributed by atoms with van der Waals surface area (Å²) in [4.78, 5) is 9.58. The number of pyridine rings is 1. The maximum atomic E-state index is 4.44. The number of aromatic nitrogens is 1. The van der Waals surface area contributed by atoms with Gasteiger partial charge in [0.1, 0.15) is 0 Å². The Balaban J connectivity index is 2.01. The quantitative estimate of drug-likeness (QED) is 0.817. The van der Waals surface area contributed by atoms with E-state index in [2.05, 4.69) is 54.6 Å². The molecule has 2 heterocycles. The monoisotopic (exact) mass is 247 g/mol. The molecule has 0 N–H and O–H groups in total. The van der Waals surface area contributed by atoms with Gasteiger partial charge in [0.05, 0.1) is 5.69 Å². The molecule has 0 saturated carbocycles. The van der Waals surface area contributed by atoms with Crippen LogP contribution < -0.4 is 0 Å². The highest BCUT2D eigenvalue weighted by Gasteiger charge is 2.30. The summed E-state index contributed by atoms with van der Waals surface area (Å²) in [6.45, 7) is 12.5. The van der Waals surface area contributed by atoms with Gasteiger partial charge in [-0.1, -0.05) is 6.07 Å². The van der Waals surface area contributed by atoms with Gasteiger partial charge >= 0.3 is 0 Å². The van der Waals surface area contributed by atoms with Crippen LogP contribution in [0.3, 0.4) is 0 Å². The fourth-order valence-electron chi connectivity index (χ4n) is 2.81. The molecular weight excluding hydrogens is 222 g/mol. The van der Waals surface area contributed by atoms with E-state index in [4.69, 9.17) is 0 Å². The molecule has 18 heavy (non-hydrogen) atoms. The standard InChI is InChI=1S/C15H25N3/c1-12(2)17-9-13(3)18(14(4)10-17)11-15-7-5-6-8-16-15/h5-8,12-14H,9-11H2,1-4H3/t13-,14+. The van der Waals surface area contributed by atoms with Crippen molar-refractivity contribution in [1.82, 2.24) is 14.8 Å². The fraction of sp³-hybridized carbons (Fsp3) is 0.667. The van der Waals surface area contributed by atoms with Crippen molar-refractivity contribution in [2.24, 2.45) is 0 Å². The molecule has 1 fully saturated rings. The molecule has 3 heteroatoms. The summed E-state index contributed by atoms with van der Waals surface area (Å²) < 4.78 is 0. The van der Waals surface area contributed by atoms with E-state index in [0.717, 1.165) is 19.6 Å². The van der Waals surface area contributed by atoms with Gasteiger partial charge in [0.15, 0.2) is 0 Å². The van der Waals surface area contributed by atoms with Crippen LogP contribution in [-0.4, -0.2) is 46.0 Å². The Morgan fingerprint density at radius 2 is 1.89 bits per heavy atom. The molecule has 2 rings (SSSR count). The molecule has 3 nitrogen and oxygen atoms in total. The smallest absolute Gasteiger partial charge is 0.0544 e. The van der Waals surface area contributed by atoms with Crippen LogP contribution in [-0.2, 0) is 6.54 Å². The number of hydrogen-bond donors (Lipinski definition) is 0. The molecule has 0 aromatic carbocycles. The normalized spacial score (nSPS) is 26.7. The van der Waals surface area contributed by atoms with Crippen molar-refractivity contribution in [3.05, 3.63) is 30.1 Å². The second kappa shape index (κ2) is 5.81. The van der Waals surface area contributed by atoms with Gasteiger partial charge in [-0.2, -0.15) is 0 Å². The van der Waals surface area contributed by atoms with Gasteiger partial charge in [0.25, 0.3) is 0 Å². The minimum absolute atomic E-state index is 0.596. The zero-order valence-corrected chi connectivity index (χ0v) is 12.0. The van der Waals surface area contributed by atoms with Crippen LogP contribution >= 0.6 is 0 Å². The van der Waals surface area contributed by atoms with Crippen molar-refractivity contribution < 1.29 is 0 Å². The molecule has 1 saturated heterocycles. The van der Waals surface area contributed by atoms with Crippen LogP contribution in [0, 0.1) is 0 Å². The van der Waals surface area contributed by atoms with E-state index in [0.29, 0.717) is 18.1 Å². The third-order valence-electron chi connectivity index (χ3n) is 3.93. The average molecular weight is 247 g/mol. The number of hydrogen-bond acceptors (Lipinski definition) is 3. The molecule has 1 aromatic heterocycles. The van der Waals surface area contributed by atoms with E-state index in [1.165, 1.54) is 5.69 Å². The molecule has 1 aliphatic heterocycles. The lowest BCUT2D eigenvalue weighted by atomic mass is 10.1. The zero-order valence-electron chi connectivity index (χ0n) is 12.0. The van der Waals surface area contributed by atoms with Crippen LogP contribution in [0.2, 0.25) is 0 Å². The third-order valence-corrected chi connectivity index (χ3v) is 3.93. The van der Waals surface area contributed by atoms with Crippen molar-refractivity contribution in [1.29, 1.82) is 0 Å². The fourth-order valence-corrected chi connectivity index (χ4v) is 2.81. The molecule has 0 unspecified atom stereocenters. The first-order valence-electron chi connectivity index (χ1n) is 6.97. The van der Waals surface area contributed by atoms with E-state index < -0.39 is 0 Å². The summed E-state index contributed by atoms with van der Waals surface area (Å²) >= 11 is 0. The first-order chi connectivity index (χ1) is 8.58. The lowest BCUT2D eigenvalue weighted by molar-refractivity contribution is 0.0176. The highest BCUT2D eigenvalue weighted by Crippen LogP contribution is 2.19. The maximum Gasteiger partial charge on any atom is 0.0544 e. The first kappa shape index (κ1) is 13.5. The van der Waals surface area contributed by atoms with Gasteiger partial charge in [-0.05, 0) is 39.8 Å². The maximum absolute atomic E-state index is 4.44. The highest BCUT2D eigenvalue weighted by molar-refractivity contribution is 5.04. The molecule has 0 aliphatic carbocycles. The summed E-state index contributed by atoms with van der Waals surface area (Å²) in [6.07, 6.45) is 1.88. The Hall–Kier alpha value is -0.930. The number of piperazine rings is 1. The second-order valence-electron chi connectivity index (χ2n) is 5.74. The van der Waals surface area contributed by atoms with E-state index in [-0.39, 0.29) is 0 Å². The molecule has 0 radical (unpaired) electrons. The van der Waals surface area contributed by atoms with Crippen molar-refractivity contribution in [3.63, 3.8) is 0 Å². The average Bonchev–Trinajstić information content (AvgIpc) is 2.34. The zero-order chi connectivity index (χ0) is 13.1. The number of rotatable bonds is 3. The Bertz CT molecular complexity index is 351. The van der Waals surface area contributed by atoms with Crippen LogP contribution in [0.1, 0.15) is 33.4 Å². The molecule has 100 valence electrons. The van der Waals surface area contributed by atoms with Crippen molar-refractivity contribution >= 4 is 0 Å². The van der Waals surface area contributed by atoms with Gasteiger partial charge in [-0.25, -0.2) is 0 Å². The lowest BCUT2D eigenvalue weighted by Gasteiger charge is -2.45. The molecular formula is C15H25N3. The van der Waals surface area contributed by atoms with E-state index in [1.54, 1.807) is 0 Å². The molecule has 0 amide bonds. The van der Waals surface area contributed by atoms with Gasteiger partial charge < -0.3 is 0 Å². The highest BCUT2D eigenvalue weighted by atomic mass is 15.3. The molecule has 0 bridgehead atoms. The third kappa shape index (κ3) is 3.09. The largest absolute Gasteiger partial charge is 0.298 e. The predicted octanol–water partition coefficient (Wildman–Crippen LogP) is 2.38. The Kier molecular flexibility index (Phi) is 4.36.